The number of amides is 2. The predicted octanol–water partition coefficient (Wildman–Crippen LogP) is 3.23. The van der Waals surface area contributed by atoms with Crippen molar-refractivity contribution in [3.63, 3.8) is 0 Å². The van der Waals surface area contributed by atoms with Crippen molar-refractivity contribution in [2.75, 3.05) is 46.0 Å². The van der Waals surface area contributed by atoms with E-state index < -0.39 is 5.97 Å². The van der Waals surface area contributed by atoms with E-state index in [0.717, 1.165) is 50.8 Å². The SMILES string of the molecule is C=C(C[N+](C)(C)CCCN(CCC)C(=O)C(C)=CNC(=O)CCCCCCS)C(=O)O. The highest BCUT2D eigenvalue weighted by molar-refractivity contribution is 7.80. The summed E-state index contributed by atoms with van der Waals surface area (Å²) in [7, 11) is 3.92. The van der Waals surface area contributed by atoms with E-state index in [4.69, 9.17) is 5.11 Å². The molecule has 0 aromatic carbocycles. The highest BCUT2D eigenvalue weighted by Crippen LogP contribution is 2.09. The normalized spacial score (nSPS) is 11.8. The van der Waals surface area contributed by atoms with Crippen LogP contribution in [0.25, 0.3) is 0 Å². The van der Waals surface area contributed by atoms with Crippen LogP contribution in [0.15, 0.2) is 23.9 Å². The van der Waals surface area contributed by atoms with Crippen molar-refractivity contribution >= 4 is 30.4 Å². The van der Waals surface area contributed by atoms with Gasteiger partial charge >= 0.3 is 5.97 Å². The second-order valence-electron chi connectivity index (χ2n) is 8.65. The van der Waals surface area contributed by atoms with Crippen LogP contribution in [-0.2, 0) is 14.4 Å². The van der Waals surface area contributed by atoms with Gasteiger partial charge in [-0.1, -0.05) is 26.3 Å². The Hall–Kier alpha value is -1.80. The molecular formula is C23H42N3O4S+. The molecule has 0 atom stereocenters. The number of carboxylic acid groups (broad SMARTS) is 1. The molecule has 0 aromatic heterocycles. The first-order valence-electron chi connectivity index (χ1n) is 11.1. The summed E-state index contributed by atoms with van der Waals surface area (Å²) in [5.41, 5.74) is 0.688. The van der Waals surface area contributed by atoms with E-state index in [1.165, 1.54) is 6.20 Å². The van der Waals surface area contributed by atoms with Crippen molar-refractivity contribution in [2.45, 2.75) is 58.8 Å². The Morgan fingerprint density at radius 1 is 1.10 bits per heavy atom. The second kappa shape index (κ2) is 15.9. The number of hydrogen-bond donors (Lipinski definition) is 3. The number of hydrogen-bond acceptors (Lipinski definition) is 4. The molecule has 0 unspecified atom stereocenters. The van der Waals surface area contributed by atoms with Crippen LogP contribution in [-0.4, -0.2) is 78.3 Å². The summed E-state index contributed by atoms with van der Waals surface area (Å²) in [6.45, 7) is 9.65. The summed E-state index contributed by atoms with van der Waals surface area (Å²) < 4.78 is 0.498. The van der Waals surface area contributed by atoms with Crippen LogP contribution >= 0.6 is 12.6 Å². The molecule has 178 valence electrons. The van der Waals surface area contributed by atoms with Gasteiger partial charge in [-0.25, -0.2) is 4.79 Å². The monoisotopic (exact) mass is 456 g/mol. The maximum Gasteiger partial charge on any atom is 0.336 e. The molecule has 0 aliphatic rings. The van der Waals surface area contributed by atoms with Crippen molar-refractivity contribution in [1.82, 2.24) is 10.2 Å². The number of carbonyl (C=O) groups is 3. The molecule has 0 saturated heterocycles. The molecule has 8 heteroatoms. The maximum absolute atomic E-state index is 12.8. The smallest absolute Gasteiger partial charge is 0.336 e. The van der Waals surface area contributed by atoms with Crippen molar-refractivity contribution < 1.29 is 24.0 Å². The zero-order valence-corrected chi connectivity index (χ0v) is 20.7. The van der Waals surface area contributed by atoms with E-state index in [9.17, 15) is 14.4 Å². The van der Waals surface area contributed by atoms with Crippen molar-refractivity contribution in [1.29, 1.82) is 0 Å². The number of aliphatic carboxylic acids is 1. The minimum atomic E-state index is -0.977. The van der Waals surface area contributed by atoms with E-state index >= 15 is 0 Å². The Morgan fingerprint density at radius 2 is 1.74 bits per heavy atom. The molecular weight excluding hydrogens is 414 g/mol. The number of thiol groups is 1. The van der Waals surface area contributed by atoms with Gasteiger partial charge in [-0.05, 0) is 31.9 Å². The lowest BCUT2D eigenvalue weighted by atomic mass is 10.1. The Labute approximate surface area is 193 Å². The fourth-order valence-electron chi connectivity index (χ4n) is 3.26. The van der Waals surface area contributed by atoms with E-state index in [2.05, 4.69) is 24.5 Å². The van der Waals surface area contributed by atoms with Crippen LogP contribution < -0.4 is 5.32 Å². The molecule has 0 bridgehead atoms. The van der Waals surface area contributed by atoms with E-state index in [1.807, 2.05) is 21.0 Å². The number of rotatable bonds is 17. The quantitative estimate of drug-likeness (QED) is 0.136. The lowest BCUT2D eigenvalue weighted by Crippen LogP contribution is -2.44. The molecule has 0 rings (SSSR count). The number of quaternary nitrogens is 1. The lowest BCUT2D eigenvalue weighted by molar-refractivity contribution is -0.885. The molecule has 0 aliphatic carbocycles. The molecule has 0 aliphatic heterocycles. The first kappa shape index (κ1) is 29.2. The van der Waals surface area contributed by atoms with Crippen LogP contribution in [0.4, 0.5) is 0 Å². The third-order valence-electron chi connectivity index (χ3n) is 4.99. The molecule has 2 N–H and O–H groups in total. The van der Waals surface area contributed by atoms with Crippen LogP contribution in [0.1, 0.15) is 58.8 Å². The standard InChI is InChI=1S/C23H41N3O4S/c1-6-13-25(14-11-15-26(4,5)18-20(3)23(29)30)22(28)19(2)17-24-21(27)12-9-7-8-10-16-31/h17H,3,6-16,18H2,1-2,4-5H3,(H2-,24,27,29,30,31)/p+1. The molecule has 0 heterocycles. The highest BCUT2D eigenvalue weighted by Gasteiger charge is 2.21. The summed E-state index contributed by atoms with van der Waals surface area (Å²) in [6, 6.07) is 0. The Kier molecular flexibility index (Phi) is 15.0. The fourth-order valence-corrected chi connectivity index (χ4v) is 3.48. The van der Waals surface area contributed by atoms with Crippen LogP contribution in [0.5, 0.6) is 0 Å². The molecule has 0 saturated carbocycles. The Bertz CT molecular complexity index is 632. The zero-order valence-electron chi connectivity index (χ0n) is 19.8. The summed E-state index contributed by atoms with van der Waals surface area (Å²) in [6.07, 6.45) is 7.55. The van der Waals surface area contributed by atoms with Crippen LogP contribution in [0.3, 0.4) is 0 Å². The Morgan fingerprint density at radius 3 is 2.32 bits per heavy atom. The van der Waals surface area contributed by atoms with Crippen LogP contribution in [0, 0.1) is 0 Å². The van der Waals surface area contributed by atoms with Gasteiger partial charge in [-0.2, -0.15) is 12.6 Å². The first-order chi connectivity index (χ1) is 14.5. The molecule has 2 amide bonds. The molecule has 7 nitrogen and oxygen atoms in total. The van der Waals surface area contributed by atoms with E-state index in [1.54, 1.807) is 11.8 Å². The number of nitrogens with zero attached hydrogens (tertiary/aromatic N) is 2. The van der Waals surface area contributed by atoms with Gasteiger partial charge in [0.05, 0.1) is 26.2 Å². The summed E-state index contributed by atoms with van der Waals surface area (Å²) in [5, 5.41) is 11.8. The topological polar surface area (TPSA) is 86.7 Å². The third-order valence-corrected chi connectivity index (χ3v) is 5.31. The van der Waals surface area contributed by atoms with Crippen molar-refractivity contribution in [3.05, 3.63) is 23.9 Å². The van der Waals surface area contributed by atoms with Gasteiger partial charge in [-0.3, -0.25) is 9.59 Å². The average molecular weight is 457 g/mol. The zero-order chi connectivity index (χ0) is 23.9. The number of nitrogens with one attached hydrogen (secondary N) is 1. The van der Waals surface area contributed by atoms with Crippen LogP contribution in [0.2, 0.25) is 0 Å². The number of unbranched alkanes of at least 4 members (excludes halogenated alkanes) is 3. The van der Waals surface area contributed by atoms with Gasteiger partial charge < -0.3 is 19.8 Å². The Balaban J connectivity index is 4.60. The number of carbonyl (C=O) groups excluding carboxylic acids is 2. The minimum absolute atomic E-state index is 0.0715. The molecule has 0 radical (unpaired) electrons. The van der Waals surface area contributed by atoms with E-state index in [0.29, 0.717) is 36.1 Å². The lowest BCUT2D eigenvalue weighted by Gasteiger charge is -2.31. The average Bonchev–Trinajstić information content (AvgIpc) is 2.70. The number of carboxylic acids is 1. The van der Waals surface area contributed by atoms with Crippen molar-refractivity contribution in [3.8, 4) is 0 Å². The third kappa shape index (κ3) is 14.0. The predicted molar refractivity (Wildman–Crippen MR) is 129 cm³/mol. The van der Waals surface area contributed by atoms with Gasteiger partial charge in [-0.15, -0.1) is 0 Å². The molecule has 0 fully saturated rings. The van der Waals surface area contributed by atoms with Gasteiger partial charge in [0.1, 0.15) is 6.54 Å². The minimum Gasteiger partial charge on any atom is -0.478 e. The van der Waals surface area contributed by atoms with E-state index in [-0.39, 0.29) is 17.4 Å². The van der Waals surface area contributed by atoms with Gasteiger partial charge in [0.25, 0.3) is 5.91 Å². The van der Waals surface area contributed by atoms with Gasteiger partial charge in [0, 0.05) is 37.7 Å². The second-order valence-corrected chi connectivity index (χ2v) is 9.10. The fraction of sp³-hybridized carbons (Fsp3) is 0.696. The molecule has 0 spiro atoms. The van der Waals surface area contributed by atoms with Gasteiger partial charge in [0.15, 0.2) is 0 Å². The summed E-state index contributed by atoms with van der Waals surface area (Å²) in [5.74, 6) is -0.262. The number of likely N-dealkylation sites (N-methyl/N-ethyl adjacent to an activating group) is 1. The first-order valence-corrected chi connectivity index (χ1v) is 11.8. The largest absolute Gasteiger partial charge is 0.478 e. The maximum atomic E-state index is 12.8. The van der Waals surface area contributed by atoms with Crippen molar-refractivity contribution in [2.24, 2.45) is 0 Å². The van der Waals surface area contributed by atoms with Gasteiger partial charge in [0.2, 0.25) is 5.91 Å². The summed E-state index contributed by atoms with van der Waals surface area (Å²) in [4.78, 5) is 37.6. The highest BCUT2D eigenvalue weighted by atomic mass is 32.1. The molecule has 31 heavy (non-hydrogen) atoms. The molecule has 0 aromatic rings. The summed E-state index contributed by atoms with van der Waals surface area (Å²) >= 11 is 4.18.